The lowest BCUT2D eigenvalue weighted by atomic mass is 9.96. The summed E-state index contributed by atoms with van der Waals surface area (Å²) in [6, 6.07) is 9.39. The van der Waals surface area contributed by atoms with Crippen molar-refractivity contribution in [3.05, 3.63) is 29.8 Å². The first-order valence-corrected chi connectivity index (χ1v) is 10.8. The summed E-state index contributed by atoms with van der Waals surface area (Å²) in [6.07, 6.45) is 8.81. The Bertz CT molecular complexity index is 586. The molecule has 0 bridgehead atoms. The Balaban J connectivity index is 1.27. The van der Waals surface area contributed by atoms with Gasteiger partial charge in [0.2, 0.25) is 0 Å². The van der Waals surface area contributed by atoms with Gasteiger partial charge in [-0.2, -0.15) is 0 Å². The Morgan fingerprint density at radius 3 is 2.63 bits per heavy atom. The highest BCUT2D eigenvalue weighted by atomic mass is 15.3. The molecule has 1 aromatic rings. The lowest BCUT2D eigenvalue weighted by molar-refractivity contribution is 0.253. The van der Waals surface area contributed by atoms with Crippen molar-refractivity contribution < 1.29 is 0 Å². The van der Waals surface area contributed by atoms with E-state index in [0.29, 0.717) is 12.0 Å². The average Bonchev–Trinajstić information content (AvgIpc) is 2.69. The van der Waals surface area contributed by atoms with E-state index in [1.807, 2.05) is 0 Å². The van der Waals surface area contributed by atoms with Gasteiger partial charge in [-0.25, -0.2) is 0 Å². The molecule has 150 valence electrons. The van der Waals surface area contributed by atoms with Crippen molar-refractivity contribution >= 4 is 11.6 Å². The number of nitrogens with two attached hydrogens (primary N) is 1. The molecule has 2 fully saturated rings. The Labute approximate surface area is 165 Å². The largest absolute Gasteiger partial charge is 0.370 e. The van der Waals surface area contributed by atoms with E-state index < -0.39 is 0 Å². The van der Waals surface area contributed by atoms with Crippen LogP contribution in [-0.2, 0) is 0 Å². The normalized spacial score (nSPS) is 20.0. The van der Waals surface area contributed by atoms with E-state index >= 15 is 0 Å². The highest BCUT2D eigenvalue weighted by molar-refractivity contribution is 5.78. The molecule has 1 aliphatic carbocycles. The molecule has 1 aliphatic heterocycles. The zero-order valence-electron chi connectivity index (χ0n) is 17.0. The summed E-state index contributed by atoms with van der Waals surface area (Å²) in [6.45, 7) is 8.74. The molecule has 0 amide bonds. The van der Waals surface area contributed by atoms with E-state index in [2.05, 4.69) is 51.3 Å². The number of rotatable bonds is 7. The van der Waals surface area contributed by atoms with Crippen molar-refractivity contribution in [1.82, 2.24) is 10.2 Å². The first kappa shape index (κ1) is 20.0. The van der Waals surface area contributed by atoms with Crippen LogP contribution in [0.15, 0.2) is 29.3 Å². The molecule has 27 heavy (non-hydrogen) atoms. The zero-order chi connectivity index (χ0) is 18.9. The summed E-state index contributed by atoms with van der Waals surface area (Å²) in [7, 11) is 0. The van der Waals surface area contributed by atoms with Gasteiger partial charge in [-0.05, 0) is 56.8 Å². The third-order valence-corrected chi connectivity index (χ3v) is 5.86. The van der Waals surface area contributed by atoms with E-state index in [0.717, 1.165) is 39.1 Å². The van der Waals surface area contributed by atoms with Crippen LogP contribution in [0.4, 0.5) is 5.69 Å². The number of aryl methyl sites for hydroxylation is 1. The molecule has 0 aromatic heterocycles. The molecule has 5 heteroatoms. The minimum atomic E-state index is 0.548. The standard InChI is InChI=1S/C22H37N5/c1-19-8-7-11-21(18-19)27-16-14-26(15-17-27)13-6-5-12-24-22(23)25-20-9-3-2-4-10-20/h7-8,11,18,20H,2-6,9-10,12-17H2,1H3,(H3,23,24,25). The van der Waals surface area contributed by atoms with E-state index in [1.165, 1.54) is 56.3 Å². The number of hydrogen-bond acceptors (Lipinski definition) is 3. The van der Waals surface area contributed by atoms with Gasteiger partial charge in [0.25, 0.3) is 0 Å². The third-order valence-electron chi connectivity index (χ3n) is 5.86. The zero-order valence-corrected chi connectivity index (χ0v) is 17.0. The van der Waals surface area contributed by atoms with Gasteiger partial charge in [-0.3, -0.25) is 9.89 Å². The van der Waals surface area contributed by atoms with E-state index in [1.54, 1.807) is 0 Å². The Kier molecular flexibility index (Phi) is 7.81. The second kappa shape index (κ2) is 10.5. The van der Waals surface area contributed by atoms with Gasteiger partial charge in [-0.15, -0.1) is 0 Å². The quantitative estimate of drug-likeness (QED) is 0.439. The smallest absolute Gasteiger partial charge is 0.188 e. The molecule has 2 aliphatic rings. The van der Waals surface area contributed by atoms with Crippen LogP contribution in [0.1, 0.15) is 50.5 Å². The van der Waals surface area contributed by atoms with Gasteiger partial charge in [0.15, 0.2) is 5.96 Å². The maximum Gasteiger partial charge on any atom is 0.188 e. The van der Waals surface area contributed by atoms with Crippen LogP contribution >= 0.6 is 0 Å². The van der Waals surface area contributed by atoms with Gasteiger partial charge in [0.05, 0.1) is 0 Å². The highest BCUT2D eigenvalue weighted by Crippen LogP contribution is 2.18. The fourth-order valence-corrected chi connectivity index (χ4v) is 4.20. The number of nitrogens with zero attached hydrogens (tertiary/aromatic N) is 3. The van der Waals surface area contributed by atoms with Crippen LogP contribution in [0.25, 0.3) is 0 Å². The Hall–Kier alpha value is -1.75. The lowest BCUT2D eigenvalue weighted by Gasteiger charge is -2.36. The van der Waals surface area contributed by atoms with Crippen LogP contribution in [0.2, 0.25) is 0 Å². The molecule has 1 saturated carbocycles. The monoisotopic (exact) mass is 371 g/mol. The minimum Gasteiger partial charge on any atom is -0.370 e. The van der Waals surface area contributed by atoms with Gasteiger partial charge >= 0.3 is 0 Å². The summed E-state index contributed by atoms with van der Waals surface area (Å²) < 4.78 is 0. The summed E-state index contributed by atoms with van der Waals surface area (Å²) in [4.78, 5) is 9.61. The van der Waals surface area contributed by atoms with Crippen LogP contribution in [0, 0.1) is 6.92 Å². The number of nitrogens with one attached hydrogen (secondary N) is 1. The van der Waals surface area contributed by atoms with E-state index in [4.69, 9.17) is 5.73 Å². The SMILES string of the molecule is Cc1cccc(N2CCN(CCCCN=C(N)NC3CCCCC3)CC2)c1. The first-order valence-electron chi connectivity index (χ1n) is 10.8. The summed E-state index contributed by atoms with van der Waals surface area (Å²) in [5.41, 5.74) is 8.74. The summed E-state index contributed by atoms with van der Waals surface area (Å²) >= 11 is 0. The Morgan fingerprint density at radius 2 is 1.89 bits per heavy atom. The number of benzene rings is 1. The fourth-order valence-electron chi connectivity index (χ4n) is 4.20. The molecule has 0 spiro atoms. The van der Waals surface area contributed by atoms with Crippen molar-refractivity contribution in [3.8, 4) is 0 Å². The maximum absolute atomic E-state index is 6.03. The number of guanidine groups is 1. The van der Waals surface area contributed by atoms with E-state index in [-0.39, 0.29) is 0 Å². The maximum atomic E-state index is 6.03. The van der Waals surface area contributed by atoms with Crippen molar-refractivity contribution in [2.75, 3.05) is 44.2 Å². The molecule has 3 N–H and O–H groups in total. The second-order valence-corrected chi connectivity index (χ2v) is 8.12. The van der Waals surface area contributed by atoms with Crippen LogP contribution < -0.4 is 16.0 Å². The lowest BCUT2D eigenvalue weighted by Crippen LogP contribution is -2.46. The predicted molar refractivity (Wildman–Crippen MR) is 116 cm³/mol. The highest BCUT2D eigenvalue weighted by Gasteiger charge is 2.17. The van der Waals surface area contributed by atoms with Crippen molar-refractivity contribution in [1.29, 1.82) is 0 Å². The van der Waals surface area contributed by atoms with Crippen LogP contribution in [0.5, 0.6) is 0 Å². The van der Waals surface area contributed by atoms with Crippen LogP contribution in [0.3, 0.4) is 0 Å². The van der Waals surface area contributed by atoms with E-state index in [9.17, 15) is 0 Å². The summed E-state index contributed by atoms with van der Waals surface area (Å²) in [5, 5.41) is 3.40. The summed E-state index contributed by atoms with van der Waals surface area (Å²) in [5.74, 6) is 0.647. The van der Waals surface area contributed by atoms with Gasteiger partial charge in [-0.1, -0.05) is 31.4 Å². The number of anilines is 1. The number of piperazine rings is 1. The first-order chi connectivity index (χ1) is 13.2. The van der Waals surface area contributed by atoms with Gasteiger partial charge in [0, 0.05) is 44.5 Å². The van der Waals surface area contributed by atoms with Gasteiger partial charge in [0.1, 0.15) is 0 Å². The topological polar surface area (TPSA) is 56.9 Å². The molecule has 1 aromatic carbocycles. The van der Waals surface area contributed by atoms with Crippen molar-refractivity contribution in [3.63, 3.8) is 0 Å². The molecule has 1 saturated heterocycles. The second-order valence-electron chi connectivity index (χ2n) is 8.12. The Morgan fingerprint density at radius 1 is 1.11 bits per heavy atom. The van der Waals surface area contributed by atoms with Crippen LogP contribution in [-0.4, -0.2) is 56.2 Å². The predicted octanol–water partition coefficient (Wildman–Crippen LogP) is 3.13. The molecular weight excluding hydrogens is 334 g/mol. The third kappa shape index (κ3) is 6.73. The number of hydrogen-bond donors (Lipinski definition) is 2. The molecule has 0 radical (unpaired) electrons. The van der Waals surface area contributed by atoms with Crippen molar-refractivity contribution in [2.24, 2.45) is 10.7 Å². The number of unbranched alkanes of at least 4 members (excludes halogenated alkanes) is 1. The minimum absolute atomic E-state index is 0.548. The molecule has 3 rings (SSSR count). The van der Waals surface area contributed by atoms with Gasteiger partial charge < -0.3 is 16.0 Å². The number of aliphatic imine (C=N–C) groups is 1. The van der Waals surface area contributed by atoms with Crippen molar-refractivity contribution in [2.45, 2.75) is 57.9 Å². The molecular formula is C22H37N5. The fraction of sp³-hybridized carbons (Fsp3) is 0.682. The molecule has 0 atom stereocenters. The molecule has 5 nitrogen and oxygen atoms in total. The molecule has 1 heterocycles. The molecule has 0 unspecified atom stereocenters. The average molecular weight is 372 g/mol.